The SMILES string of the molecule is O=C1CCCCCN1CCC(=O)N1CC[C@H]2[C@H](C1)OCc1cnnn12. The second-order valence-electron chi connectivity index (χ2n) is 7.16. The van der Waals surface area contributed by atoms with Gasteiger partial charge in [-0.1, -0.05) is 11.6 Å². The third kappa shape index (κ3) is 3.40. The lowest BCUT2D eigenvalue weighted by Gasteiger charge is -2.41. The van der Waals surface area contributed by atoms with Crippen LogP contribution in [0, 0.1) is 0 Å². The summed E-state index contributed by atoms with van der Waals surface area (Å²) in [5.41, 5.74) is 1.00. The lowest BCUT2D eigenvalue weighted by atomic mass is 10.00. The second-order valence-corrected chi connectivity index (χ2v) is 7.16. The van der Waals surface area contributed by atoms with Crippen LogP contribution in [0.5, 0.6) is 0 Å². The van der Waals surface area contributed by atoms with Gasteiger partial charge in [0, 0.05) is 39.0 Å². The van der Waals surface area contributed by atoms with Crippen LogP contribution < -0.4 is 0 Å². The van der Waals surface area contributed by atoms with Crippen molar-refractivity contribution >= 4 is 11.8 Å². The summed E-state index contributed by atoms with van der Waals surface area (Å²) in [6.07, 6.45) is 6.69. The molecule has 8 heteroatoms. The van der Waals surface area contributed by atoms with Gasteiger partial charge in [-0.25, -0.2) is 4.68 Å². The number of carbonyl (C=O) groups excluding carboxylic acids is 2. The van der Waals surface area contributed by atoms with Crippen LogP contribution in [0.1, 0.15) is 50.3 Å². The van der Waals surface area contributed by atoms with Gasteiger partial charge in [0.25, 0.3) is 0 Å². The summed E-state index contributed by atoms with van der Waals surface area (Å²) in [6, 6.07) is 0.169. The average Bonchev–Trinajstić information content (AvgIpc) is 3.03. The first-order valence-corrected chi connectivity index (χ1v) is 9.28. The summed E-state index contributed by atoms with van der Waals surface area (Å²) in [6.45, 7) is 3.12. The van der Waals surface area contributed by atoms with Crippen molar-refractivity contribution in [3.05, 3.63) is 11.9 Å². The number of amides is 2. The van der Waals surface area contributed by atoms with E-state index in [1.807, 2.05) is 14.5 Å². The maximum atomic E-state index is 12.6. The number of hydrogen-bond donors (Lipinski definition) is 0. The molecular weight excluding hydrogens is 322 g/mol. The van der Waals surface area contributed by atoms with Crippen LogP contribution in [0.15, 0.2) is 6.20 Å². The number of ether oxygens (including phenoxy) is 1. The first-order chi connectivity index (χ1) is 12.2. The number of carbonyl (C=O) groups is 2. The van der Waals surface area contributed by atoms with Crippen molar-refractivity contribution in [3.63, 3.8) is 0 Å². The van der Waals surface area contributed by atoms with Crippen LogP contribution in [-0.4, -0.2) is 68.9 Å². The van der Waals surface area contributed by atoms with Crippen LogP contribution >= 0.6 is 0 Å². The zero-order valence-corrected chi connectivity index (χ0v) is 14.5. The number of rotatable bonds is 3. The van der Waals surface area contributed by atoms with Crippen LogP contribution in [0.2, 0.25) is 0 Å². The highest BCUT2D eigenvalue weighted by molar-refractivity contribution is 5.79. The maximum absolute atomic E-state index is 12.6. The lowest BCUT2D eigenvalue weighted by molar-refractivity contribution is -0.140. The predicted octanol–water partition coefficient (Wildman–Crippen LogP) is 0.743. The molecule has 2 saturated heterocycles. The fourth-order valence-corrected chi connectivity index (χ4v) is 4.08. The predicted molar refractivity (Wildman–Crippen MR) is 88.5 cm³/mol. The van der Waals surface area contributed by atoms with E-state index in [1.54, 1.807) is 6.20 Å². The van der Waals surface area contributed by atoms with Gasteiger partial charge >= 0.3 is 0 Å². The largest absolute Gasteiger partial charge is 0.368 e. The van der Waals surface area contributed by atoms with Crippen molar-refractivity contribution in [2.24, 2.45) is 0 Å². The van der Waals surface area contributed by atoms with Gasteiger partial charge in [0.15, 0.2) is 0 Å². The smallest absolute Gasteiger partial charge is 0.224 e. The molecule has 0 aromatic carbocycles. The molecule has 0 saturated carbocycles. The molecule has 3 aliphatic heterocycles. The van der Waals surface area contributed by atoms with E-state index in [2.05, 4.69) is 10.3 Å². The number of aromatic nitrogens is 3. The molecule has 3 aliphatic rings. The molecule has 4 rings (SSSR count). The molecular formula is C17H25N5O3. The molecule has 25 heavy (non-hydrogen) atoms. The Morgan fingerprint density at radius 3 is 3.12 bits per heavy atom. The molecule has 2 amide bonds. The van der Waals surface area contributed by atoms with Crippen molar-refractivity contribution in [2.75, 3.05) is 26.2 Å². The Morgan fingerprint density at radius 2 is 2.20 bits per heavy atom. The van der Waals surface area contributed by atoms with Crippen LogP contribution in [0.25, 0.3) is 0 Å². The summed E-state index contributed by atoms with van der Waals surface area (Å²) in [5, 5.41) is 8.12. The minimum atomic E-state index is -0.0216. The zero-order valence-electron chi connectivity index (χ0n) is 14.5. The van der Waals surface area contributed by atoms with Gasteiger partial charge in [-0.3, -0.25) is 9.59 Å². The first kappa shape index (κ1) is 16.5. The van der Waals surface area contributed by atoms with E-state index in [0.29, 0.717) is 39.1 Å². The molecule has 0 unspecified atom stereocenters. The van der Waals surface area contributed by atoms with Gasteiger partial charge in [0.2, 0.25) is 11.8 Å². The minimum Gasteiger partial charge on any atom is -0.368 e. The zero-order chi connectivity index (χ0) is 17.2. The summed E-state index contributed by atoms with van der Waals surface area (Å²) >= 11 is 0. The number of likely N-dealkylation sites (tertiary alicyclic amines) is 2. The molecule has 0 spiro atoms. The van der Waals surface area contributed by atoms with Gasteiger partial charge < -0.3 is 14.5 Å². The number of hydrogen-bond acceptors (Lipinski definition) is 5. The Balaban J connectivity index is 1.31. The van der Waals surface area contributed by atoms with Gasteiger partial charge in [-0.15, -0.1) is 5.10 Å². The Kier molecular flexibility index (Phi) is 4.70. The highest BCUT2D eigenvalue weighted by Crippen LogP contribution is 2.30. The van der Waals surface area contributed by atoms with E-state index in [9.17, 15) is 9.59 Å². The fourth-order valence-electron chi connectivity index (χ4n) is 4.08. The van der Waals surface area contributed by atoms with Gasteiger partial charge in [-0.05, 0) is 19.3 Å². The molecule has 136 valence electrons. The number of fused-ring (bicyclic) bond motifs is 3. The molecule has 1 aromatic heterocycles. The van der Waals surface area contributed by atoms with E-state index in [4.69, 9.17) is 4.74 Å². The number of piperidine rings is 1. The Morgan fingerprint density at radius 1 is 1.28 bits per heavy atom. The Bertz CT molecular complexity index is 646. The van der Waals surface area contributed by atoms with Crippen molar-refractivity contribution in [3.8, 4) is 0 Å². The van der Waals surface area contributed by atoms with E-state index >= 15 is 0 Å². The average molecular weight is 347 g/mol. The van der Waals surface area contributed by atoms with Crippen molar-refractivity contribution in [1.82, 2.24) is 24.8 Å². The quantitative estimate of drug-likeness (QED) is 0.806. The summed E-state index contributed by atoms with van der Waals surface area (Å²) in [4.78, 5) is 28.4. The molecule has 4 heterocycles. The van der Waals surface area contributed by atoms with Crippen LogP contribution in [-0.2, 0) is 20.9 Å². The Hall–Kier alpha value is -1.96. The summed E-state index contributed by atoms with van der Waals surface area (Å²) in [5.74, 6) is 0.307. The maximum Gasteiger partial charge on any atom is 0.224 e. The molecule has 0 bridgehead atoms. The monoisotopic (exact) mass is 347 g/mol. The van der Waals surface area contributed by atoms with E-state index in [0.717, 1.165) is 37.9 Å². The van der Waals surface area contributed by atoms with Gasteiger partial charge in [-0.2, -0.15) is 0 Å². The first-order valence-electron chi connectivity index (χ1n) is 9.28. The highest BCUT2D eigenvalue weighted by Gasteiger charge is 2.37. The molecule has 0 aliphatic carbocycles. The number of nitrogens with zero attached hydrogens (tertiary/aromatic N) is 5. The van der Waals surface area contributed by atoms with E-state index < -0.39 is 0 Å². The summed E-state index contributed by atoms with van der Waals surface area (Å²) < 4.78 is 7.87. The molecule has 2 fully saturated rings. The molecule has 8 nitrogen and oxygen atoms in total. The molecule has 2 atom stereocenters. The van der Waals surface area contributed by atoms with Crippen LogP contribution in [0.4, 0.5) is 0 Å². The third-order valence-electron chi connectivity index (χ3n) is 5.55. The third-order valence-corrected chi connectivity index (χ3v) is 5.55. The van der Waals surface area contributed by atoms with Crippen molar-refractivity contribution in [2.45, 2.75) is 57.3 Å². The van der Waals surface area contributed by atoms with Crippen molar-refractivity contribution in [1.29, 1.82) is 0 Å². The topological polar surface area (TPSA) is 80.6 Å². The lowest BCUT2D eigenvalue weighted by Crippen LogP contribution is -2.50. The van der Waals surface area contributed by atoms with Crippen molar-refractivity contribution < 1.29 is 14.3 Å². The standard InChI is InChI=1S/C17H25N5O3/c23-16-4-2-1-3-7-20(16)9-6-17(24)21-8-5-14-15(11-21)25-12-13-10-18-19-22(13)14/h10,14-15H,1-9,11-12H2/t14-,15-/m0/s1. The van der Waals surface area contributed by atoms with Gasteiger partial charge in [0.1, 0.15) is 0 Å². The molecule has 1 aromatic rings. The fraction of sp³-hybridized carbons (Fsp3) is 0.765. The second kappa shape index (κ2) is 7.11. The summed E-state index contributed by atoms with van der Waals surface area (Å²) in [7, 11) is 0. The van der Waals surface area contributed by atoms with E-state index in [-0.39, 0.29) is 24.0 Å². The van der Waals surface area contributed by atoms with Gasteiger partial charge in [0.05, 0.1) is 30.6 Å². The molecule has 0 radical (unpaired) electrons. The highest BCUT2D eigenvalue weighted by atomic mass is 16.5. The minimum absolute atomic E-state index is 0.0216. The van der Waals surface area contributed by atoms with Crippen LogP contribution in [0.3, 0.4) is 0 Å². The van der Waals surface area contributed by atoms with E-state index in [1.165, 1.54) is 0 Å². The normalized spacial score (nSPS) is 26.8. The Labute approximate surface area is 147 Å². The molecule has 0 N–H and O–H groups in total.